The van der Waals surface area contributed by atoms with E-state index >= 15 is 0 Å². The summed E-state index contributed by atoms with van der Waals surface area (Å²) < 4.78 is 16.5. The number of terminal acetylenes is 1. The zero-order valence-electron chi connectivity index (χ0n) is 18.0. The zero-order valence-corrected chi connectivity index (χ0v) is 18.9. The van der Waals surface area contributed by atoms with Crippen molar-refractivity contribution in [3.63, 3.8) is 0 Å². The highest BCUT2D eigenvalue weighted by Gasteiger charge is 2.26. The Labute approximate surface area is 188 Å². The summed E-state index contributed by atoms with van der Waals surface area (Å²) in [5.41, 5.74) is 2.89. The van der Waals surface area contributed by atoms with Crippen LogP contribution >= 0.6 is 11.8 Å². The zero-order chi connectivity index (χ0) is 21.9. The highest BCUT2D eigenvalue weighted by Crippen LogP contribution is 2.33. The molecule has 1 saturated heterocycles. The molecule has 168 valence electrons. The molecule has 1 aromatic carbocycles. The third-order valence-electron chi connectivity index (χ3n) is 5.07. The number of nitrogens with zero attached hydrogens (tertiary/aromatic N) is 3. The fourth-order valence-corrected chi connectivity index (χ4v) is 4.47. The van der Waals surface area contributed by atoms with E-state index < -0.39 is 6.10 Å². The van der Waals surface area contributed by atoms with Gasteiger partial charge in [-0.1, -0.05) is 41.4 Å². The number of aliphatic hydroxyl groups is 1. The molecule has 2 heterocycles. The number of hydrogen-bond donors (Lipinski definition) is 1. The second-order valence-corrected chi connectivity index (χ2v) is 8.61. The van der Waals surface area contributed by atoms with Crippen molar-refractivity contribution < 1.29 is 19.1 Å². The minimum Gasteiger partial charge on any atom is -0.389 e. The molecular formula is C23H31N3O4S. The molecule has 7 nitrogen and oxygen atoms in total. The Balaban J connectivity index is 1.83. The molecular weight excluding hydrogens is 414 g/mol. The van der Waals surface area contributed by atoms with Crippen LogP contribution < -0.4 is 4.90 Å². The number of anilines is 1. The van der Waals surface area contributed by atoms with Gasteiger partial charge in [0, 0.05) is 56.9 Å². The Bertz CT molecular complexity index is 818. The summed E-state index contributed by atoms with van der Waals surface area (Å²) in [6, 6.07) is 10.1. The summed E-state index contributed by atoms with van der Waals surface area (Å²) in [4.78, 5) is 4.42. The van der Waals surface area contributed by atoms with Crippen LogP contribution in [0.1, 0.15) is 5.56 Å². The molecule has 1 unspecified atom stereocenters. The smallest absolute Gasteiger partial charge is 0.232 e. The highest BCUT2D eigenvalue weighted by molar-refractivity contribution is 7.99. The predicted molar refractivity (Wildman–Crippen MR) is 124 cm³/mol. The molecule has 8 heteroatoms. The van der Waals surface area contributed by atoms with E-state index in [2.05, 4.69) is 20.9 Å². The lowest BCUT2D eigenvalue weighted by Crippen LogP contribution is -2.38. The van der Waals surface area contributed by atoms with Gasteiger partial charge < -0.3 is 24.0 Å². The molecule has 0 aliphatic carbocycles. The van der Waals surface area contributed by atoms with E-state index in [4.69, 9.17) is 20.4 Å². The van der Waals surface area contributed by atoms with Crippen molar-refractivity contribution in [3.8, 4) is 23.6 Å². The molecule has 0 saturated carbocycles. The number of benzene rings is 1. The summed E-state index contributed by atoms with van der Waals surface area (Å²) in [7, 11) is 1.68. The van der Waals surface area contributed by atoms with E-state index in [9.17, 15) is 5.11 Å². The van der Waals surface area contributed by atoms with Crippen molar-refractivity contribution in [2.75, 3.05) is 69.5 Å². The largest absolute Gasteiger partial charge is 0.389 e. The quantitative estimate of drug-likeness (QED) is 0.394. The maximum atomic E-state index is 10.5. The third-order valence-corrected chi connectivity index (χ3v) is 6.01. The summed E-state index contributed by atoms with van der Waals surface area (Å²) >= 11 is 1.95. The number of ether oxygens (including phenoxy) is 2. The van der Waals surface area contributed by atoms with Crippen molar-refractivity contribution in [1.29, 1.82) is 0 Å². The van der Waals surface area contributed by atoms with Crippen LogP contribution in [-0.4, -0.2) is 85.9 Å². The Morgan fingerprint density at radius 1 is 1.32 bits per heavy atom. The first kappa shape index (κ1) is 23.6. The molecule has 1 atom stereocenters. The second kappa shape index (κ2) is 12.7. The van der Waals surface area contributed by atoms with Crippen LogP contribution in [0.4, 0.5) is 5.88 Å². The van der Waals surface area contributed by atoms with Gasteiger partial charge in [0.25, 0.3) is 0 Å². The molecule has 1 aliphatic heterocycles. The molecule has 0 radical (unpaired) electrons. The van der Waals surface area contributed by atoms with Crippen LogP contribution in [0.5, 0.6) is 0 Å². The first-order valence-electron chi connectivity index (χ1n) is 10.5. The predicted octanol–water partition coefficient (Wildman–Crippen LogP) is 2.35. The Morgan fingerprint density at radius 3 is 2.81 bits per heavy atom. The summed E-state index contributed by atoms with van der Waals surface area (Å²) in [5.74, 6) is 5.38. The van der Waals surface area contributed by atoms with E-state index in [1.807, 2.05) is 42.1 Å². The molecule has 1 aromatic heterocycles. The van der Waals surface area contributed by atoms with Crippen LogP contribution in [0.3, 0.4) is 0 Å². The van der Waals surface area contributed by atoms with Gasteiger partial charge in [0.05, 0.1) is 24.9 Å². The van der Waals surface area contributed by atoms with E-state index in [1.54, 1.807) is 7.11 Å². The number of aliphatic hydroxyl groups excluding tert-OH is 1. The monoisotopic (exact) mass is 445 g/mol. The van der Waals surface area contributed by atoms with Crippen LogP contribution in [0.25, 0.3) is 11.3 Å². The van der Waals surface area contributed by atoms with Gasteiger partial charge in [0.1, 0.15) is 12.3 Å². The Hall–Kier alpha value is -2.02. The van der Waals surface area contributed by atoms with Gasteiger partial charge in [0.15, 0.2) is 0 Å². The topological polar surface area (TPSA) is 71.2 Å². The fraction of sp³-hybridized carbons (Fsp3) is 0.522. The van der Waals surface area contributed by atoms with E-state index in [0.29, 0.717) is 26.2 Å². The average Bonchev–Trinajstić information content (AvgIpc) is 3.22. The number of aromatic nitrogens is 1. The fourth-order valence-electron chi connectivity index (χ4n) is 3.56. The second-order valence-electron chi connectivity index (χ2n) is 7.38. The maximum absolute atomic E-state index is 10.5. The van der Waals surface area contributed by atoms with Crippen LogP contribution in [-0.2, 0) is 16.0 Å². The van der Waals surface area contributed by atoms with Crippen LogP contribution in [0, 0.1) is 12.3 Å². The molecule has 0 amide bonds. The molecule has 0 bridgehead atoms. The van der Waals surface area contributed by atoms with Crippen molar-refractivity contribution in [1.82, 2.24) is 10.1 Å². The highest BCUT2D eigenvalue weighted by atomic mass is 32.2. The van der Waals surface area contributed by atoms with E-state index in [-0.39, 0.29) is 13.2 Å². The summed E-state index contributed by atoms with van der Waals surface area (Å²) in [6.07, 6.45) is 4.57. The van der Waals surface area contributed by atoms with E-state index in [0.717, 1.165) is 47.3 Å². The minimum absolute atomic E-state index is 0.191. The van der Waals surface area contributed by atoms with Gasteiger partial charge in [-0.3, -0.25) is 4.90 Å². The first-order chi connectivity index (χ1) is 15.2. The Morgan fingerprint density at radius 2 is 2.10 bits per heavy atom. The molecule has 31 heavy (non-hydrogen) atoms. The van der Waals surface area contributed by atoms with Gasteiger partial charge in [-0.25, -0.2) is 0 Å². The third kappa shape index (κ3) is 6.99. The number of rotatable bonds is 12. The average molecular weight is 446 g/mol. The summed E-state index contributed by atoms with van der Waals surface area (Å²) in [5, 5.41) is 14.9. The lowest BCUT2D eigenvalue weighted by molar-refractivity contribution is 0.0208. The van der Waals surface area contributed by atoms with Crippen LogP contribution in [0.15, 0.2) is 34.9 Å². The van der Waals surface area contributed by atoms with Gasteiger partial charge in [-0.15, -0.1) is 6.42 Å². The van der Waals surface area contributed by atoms with Gasteiger partial charge in [-0.05, 0) is 0 Å². The minimum atomic E-state index is -0.653. The Kier molecular flexibility index (Phi) is 9.72. The molecule has 1 N–H and O–H groups in total. The molecule has 1 aliphatic rings. The van der Waals surface area contributed by atoms with Gasteiger partial charge >= 0.3 is 0 Å². The van der Waals surface area contributed by atoms with Gasteiger partial charge in [-0.2, -0.15) is 11.8 Å². The summed E-state index contributed by atoms with van der Waals surface area (Å²) in [6.45, 7) is 4.49. The number of hydrogen-bond acceptors (Lipinski definition) is 8. The first-order valence-corrected chi connectivity index (χ1v) is 11.7. The lowest BCUT2D eigenvalue weighted by atomic mass is 10.1. The molecule has 3 rings (SSSR count). The normalized spacial score (nSPS) is 15.2. The SMILES string of the molecule is C#CCOCC(O)CN(CCOC)Cc1c(-c2ccccc2)noc1N1CCSCC1. The van der Waals surface area contributed by atoms with Crippen molar-refractivity contribution in [3.05, 3.63) is 35.9 Å². The van der Waals surface area contributed by atoms with Crippen molar-refractivity contribution in [2.45, 2.75) is 12.6 Å². The van der Waals surface area contributed by atoms with Gasteiger partial charge in [0.2, 0.25) is 5.88 Å². The maximum Gasteiger partial charge on any atom is 0.232 e. The number of thioether (sulfide) groups is 1. The number of methoxy groups -OCH3 is 1. The molecule has 0 spiro atoms. The van der Waals surface area contributed by atoms with Crippen molar-refractivity contribution in [2.24, 2.45) is 0 Å². The van der Waals surface area contributed by atoms with Crippen molar-refractivity contribution >= 4 is 17.6 Å². The van der Waals surface area contributed by atoms with E-state index in [1.165, 1.54) is 0 Å². The lowest BCUT2D eigenvalue weighted by Gasteiger charge is -2.29. The molecule has 2 aromatic rings. The molecule has 1 fully saturated rings. The van der Waals surface area contributed by atoms with Crippen LogP contribution in [0.2, 0.25) is 0 Å². The standard InChI is InChI=1S/C23H31N3O4S/c1-3-12-29-18-20(27)16-25(9-13-28-2)17-21-22(19-7-5-4-6-8-19)24-30-23(21)26-10-14-31-15-11-26/h1,4-8,20,27H,9-18H2,2H3.